The summed E-state index contributed by atoms with van der Waals surface area (Å²) in [5.41, 5.74) is 1.80. The van der Waals surface area contributed by atoms with Gasteiger partial charge in [-0.1, -0.05) is 29.5 Å². The summed E-state index contributed by atoms with van der Waals surface area (Å²) in [7, 11) is 3.01. The molecule has 1 atom stereocenters. The first-order chi connectivity index (χ1) is 17.7. The number of rotatable bonds is 7. The molecule has 1 N–H and O–H groups in total. The molecule has 2 aromatic carbocycles. The minimum atomic E-state index is -1.06. The lowest BCUT2D eigenvalue weighted by molar-refractivity contribution is -0.132. The molecule has 1 amide bonds. The predicted molar refractivity (Wildman–Crippen MR) is 138 cm³/mol. The van der Waals surface area contributed by atoms with E-state index in [1.54, 1.807) is 63.2 Å². The van der Waals surface area contributed by atoms with Crippen molar-refractivity contribution < 1.29 is 33.7 Å². The molecule has 0 radical (unpaired) electrons. The van der Waals surface area contributed by atoms with Crippen molar-refractivity contribution in [3.63, 3.8) is 0 Å². The molecule has 0 bridgehead atoms. The van der Waals surface area contributed by atoms with Crippen molar-refractivity contribution in [3.8, 4) is 11.5 Å². The molecule has 1 aromatic heterocycles. The number of amides is 1. The molecule has 192 valence electrons. The van der Waals surface area contributed by atoms with E-state index in [1.165, 1.54) is 19.1 Å². The van der Waals surface area contributed by atoms with E-state index < -0.39 is 23.7 Å². The molecule has 1 aliphatic heterocycles. The highest BCUT2D eigenvalue weighted by Gasteiger charge is 2.49. The highest BCUT2D eigenvalue weighted by atomic mass is 32.1. The maximum absolute atomic E-state index is 13.4. The number of para-hydroxylation sites is 1. The first-order valence-corrected chi connectivity index (χ1v) is 12.3. The first-order valence-electron chi connectivity index (χ1n) is 11.5. The maximum atomic E-state index is 13.4. The molecule has 0 saturated carbocycles. The zero-order valence-electron chi connectivity index (χ0n) is 21.0. The zero-order chi connectivity index (χ0) is 26.9. The number of hydrogen-bond donors (Lipinski definition) is 1. The second kappa shape index (κ2) is 10.4. The Bertz CT molecular complexity index is 1430. The maximum Gasteiger partial charge on any atom is 0.350 e. The van der Waals surface area contributed by atoms with Crippen molar-refractivity contribution in [2.45, 2.75) is 26.8 Å². The Balaban J connectivity index is 1.95. The number of carbonyl (C=O) groups is 3. The standard InChI is InChI=1S/C27H26N2O7S/c1-6-36-26(33)24-15(3)28-27(37-24)29-21(17-9-7-8-10-19(17)35-5)20(23(31)25(29)32)22(30)16-11-12-18(34-4)14(2)13-16/h7-13,21,30H,6H2,1-5H3. The Morgan fingerprint density at radius 3 is 2.43 bits per heavy atom. The van der Waals surface area contributed by atoms with Crippen molar-refractivity contribution >= 4 is 39.9 Å². The largest absolute Gasteiger partial charge is 0.507 e. The molecule has 1 saturated heterocycles. The number of ketones is 1. The number of Topliss-reactive ketones (excluding diaryl/α,β-unsaturated/α-hetero) is 1. The van der Waals surface area contributed by atoms with E-state index in [9.17, 15) is 19.5 Å². The van der Waals surface area contributed by atoms with E-state index in [2.05, 4.69) is 4.98 Å². The van der Waals surface area contributed by atoms with Crippen LogP contribution in [0.15, 0.2) is 48.0 Å². The monoisotopic (exact) mass is 522 g/mol. The molecule has 37 heavy (non-hydrogen) atoms. The van der Waals surface area contributed by atoms with E-state index in [0.717, 1.165) is 16.9 Å². The number of aryl methyl sites for hydroxylation is 2. The number of anilines is 1. The number of carbonyl (C=O) groups excluding carboxylic acids is 3. The smallest absolute Gasteiger partial charge is 0.350 e. The molecule has 4 rings (SSSR count). The minimum Gasteiger partial charge on any atom is -0.507 e. The summed E-state index contributed by atoms with van der Waals surface area (Å²) in [4.78, 5) is 45.2. The summed E-state index contributed by atoms with van der Waals surface area (Å²) in [5, 5.41) is 11.5. The fourth-order valence-corrected chi connectivity index (χ4v) is 5.26. The molecule has 10 heteroatoms. The number of hydrogen-bond acceptors (Lipinski definition) is 9. The first kappa shape index (κ1) is 25.9. The number of methoxy groups -OCH3 is 2. The van der Waals surface area contributed by atoms with Crippen LogP contribution in [-0.4, -0.2) is 48.6 Å². The predicted octanol–water partition coefficient (Wildman–Crippen LogP) is 4.58. The third kappa shape index (κ3) is 4.55. The normalized spacial score (nSPS) is 16.7. The fourth-order valence-electron chi connectivity index (χ4n) is 4.27. The van der Waals surface area contributed by atoms with Gasteiger partial charge in [0.25, 0.3) is 5.78 Å². The number of esters is 1. The van der Waals surface area contributed by atoms with Gasteiger partial charge in [0.1, 0.15) is 28.2 Å². The second-order valence-electron chi connectivity index (χ2n) is 8.23. The summed E-state index contributed by atoms with van der Waals surface area (Å²) in [5.74, 6) is -1.65. The summed E-state index contributed by atoms with van der Waals surface area (Å²) >= 11 is 0.945. The van der Waals surface area contributed by atoms with Crippen molar-refractivity contribution in [1.82, 2.24) is 4.98 Å². The Morgan fingerprint density at radius 1 is 1.08 bits per heavy atom. The van der Waals surface area contributed by atoms with Crippen LogP contribution in [0.2, 0.25) is 0 Å². The molecule has 0 spiro atoms. The third-order valence-electron chi connectivity index (χ3n) is 6.00. The molecule has 1 fully saturated rings. The zero-order valence-corrected chi connectivity index (χ0v) is 21.8. The lowest BCUT2D eigenvalue weighted by Gasteiger charge is -2.24. The van der Waals surface area contributed by atoms with E-state index in [4.69, 9.17) is 14.2 Å². The number of aliphatic hydroxyl groups excluding tert-OH is 1. The van der Waals surface area contributed by atoms with Crippen LogP contribution < -0.4 is 14.4 Å². The lowest BCUT2D eigenvalue weighted by Crippen LogP contribution is -2.29. The molecule has 2 heterocycles. The molecule has 1 unspecified atom stereocenters. The van der Waals surface area contributed by atoms with Gasteiger partial charge in [-0.25, -0.2) is 9.78 Å². The molecule has 3 aromatic rings. The van der Waals surface area contributed by atoms with Crippen LogP contribution in [0.25, 0.3) is 5.76 Å². The van der Waals surface area contributed by atoms with E-state index in [0.29, 0.717) is 28.3 Å². The SMILES string of the molecule is CCOC(=O)c1sc(N2C(=O)C(=O)C(=C(O)c3ccc(OC)c(C)c3)C2c2ccccc2OC)nc1C. The second-order valence-corrected chi connectivity index (χ2v) is 9.20. The van der Waals surface area contributed by atoms with E-state index >= 15 is 0 Å². The Hall–Kier alpha value is -4.18. The fraction of sp³-hybridized carbons (Fsp3) is 0.259. The van der Waals surface area contributed by atoms with Crippen molar-refractivity contribution in [1.29, 1.82) is 0 Å². The summed E-state index contributed by atoms with van der Waals surface area (Å²) in [6.07, 6.45) is 0. The van der Waals surface area contributed by atoms with Gasteiger partial charge in [0, 0.05) is 11.1 Å². The molecular weight excluding hydrogens is 496 g/mol. The van der Waals surface area contributed by atoms with Gasteiger partial charge in [-0.15, -0.1) is 0 Å². The van der Waals surface area contributed by atoms with Crippen molar-refractivity contribution in [3.05, 3.63) is 75.3 Å². The minimum absolute atomic E-state index is 0.121. The molecule has 1 aliphatic rings. The number of aliphatic hydroxyl groups is 1. The quantitative estimate of drug-likeness (QED) is 0.208. The van der Waals surface area contributed by atoms with Gasteiger partial charge in [-0.3, -0.25) is 14.5 Å². The van der Waals surface area contributed by atoms with Gasteiger partial charge >= 0.3 is 11.9 Å². The summed E-state index contributed by atoms with van der Waals surface area (Å²) in [6, 6.07) is 10.8. The number of nitrogens with zero attached hydrogens (tertiary/aromatic N) is 2. The van der Waals surface area contributed by atoms with Gasteiger partial charge in [-0.05, 0) is 50.6 Å². The van der Waals surface area contributed by atoms with Crippen LogP contribution in [0.5, 0.6) is 11.5 Å². The third-order valence-corrected chi connectivity index (χ3v) is 7.14. The van der Waals surface area contributed by atoms with E-state index in [-0.39, 0.29) is 27.9 Å². The van der Waals surface area contributed by atoms with Gasteiger partial charge in [0.15, 0.2) is 5.13 Å². The average Bonchev–Trinajstić information content (AvgIpc) is 3.40. The molecular formula is C27H26N2O7S. The van der Waals surface area contributed by atoms with Gasteiger partial charge in [0.2, 0.25) is 0 Å². The number of benzene rings is 2. The van der Waals surface area contributed by atoms with Crippen LogP contribution in [0, 0.1) is 13.8 Å². The van der Waals surface area contributed by atoms with Crippen LogP contribution >= 0.6 is 11.3 Å². The number of thiazole rings is 1. The Labute approximate surface area is 217 Å². The topological polar surface area (TPSA) is 115 Å². The van der Waals surface area contributed by atoms with Crippen molar-refractivity contribution in [2.24, 2.45) is 0 Å². The Kier molecular flexibility index (Phi) is 7.30. The lowest BCUT2D eigenvalue weighted by atomic mass is 9.94. The summed E-state index contributed by atoms with van der Waals surface area (Å²) in [6.45, 7) is 5.30. The number of aromatic nitrogens is 1. The van der Waals surface area contributed by atoms with Gasteiger partial charge in [-0.2, -0.15) is 0 Å². The Morgan fingerprint density at radius 2 is 1.78 bits per heavy atom. The average molecular weight is 523 g/mol. The highest BCUT2D eigenvalue weighted by Crippen LogP contribution is 2.46. The van der Waals surface area contributed by atoms with Crippen LogP contribution in [0.1, 0.15) is 45.0 Å². The van der Waals surface area contributed by atoms with Crippen molar-refractivity contribution in [2.75, 3.05) is 25.7 Å². The highest BCUT2D eigenvalue weighted by molar-refractivity contribution is 7.17. The van der Waals surface area contributed by atoms with E-state index in [1.807, 2.05) is 0 Å². The molecule has 0 aliphatic carbocycles. The van der Waals surface area contributed by atoms with Crippen LogP contribution in [0.4, 0.5) is 5.13 Å². The number of ether oxygens (including phenoxy) is 3. The van der Waals surface area contributed by atoms with Gasteiger partial charge in [0.05, 0.1) is 32.1 Å². The van der Waals surface area contributed by atoms with Crippen LogP contribution in [-0.2, 0) is 14.3 Å². The van der Waals surface area contributed by atoms with Gasteiger partial charge < -0.3 is 19.3 Å². The summed E-state index contributed by atoms with van der Waals surface area (Å²) < 4.78 is 15.9. The molecule has 9 nitrogen and oxygen atoms in total. The van der Waals surface area contributed by atoms with Crippen LogP contribution in [0.3, 0.4) is 0 Å².